The van der Waals surface area contributed by atoms with Crippen LogP contribution >= 0.6 is 0 Å². The topological polar surface area (TPSA) is 57.6 Å². The van der Waals surface area contributed by atoms with Gasteiger partial charge in [-0.15, -0.1) is 6.58 Å². The molecule has 0 heterocycles. The third-order valence-electron chi connectivity index (χ3n) is 2.78. The molecule has 1 rings (SSSR count). The second-order valence-corrected chi connectivity index (χ2v) is 6.21. The zero-order valence-corrected chi connectivity index (χ0v) is 12.1. The molecule has 106 valence electrons. The Morgan fingerprint density at radius 1 is 1.32 bits per heavy atom. The third-order valence-corrected chi connectivity index (χ3v) is 4.66. The van der Waals surface area contributed by atoms with Crippen molar-refractivity contribution in [2.45, 2.75) is 24.7 Å². The highest BCUT2D eigenvalue weighted by Gasteiger charge is 2.22. The first-order valence-corrected chi connectivity index (χ1v) is 7.81. The Labute approximate surface area is 115 Å². The molecule has 0 saturated carbocycles. The van der Waals surface area contributed by atoms with E-state index in [-0.39, 0.29) is 24.6 Å². The molecular weight excluding hydrogens is 262 g/mol. The summed E-state index contributed by atoms with van der Waals surface area (Å²) in [4.78, 5) is 0.252. The standard InChI is InChI=1S/C14H21NO3S/c1-3-5-13-6-8-14(9-7-13)19(17,18)15(10-4-2)11-12-16/h4,6-9,16H,2-3,5,10-12H2,1H3. The van der Waals surface area contributed by atoms with Crippen LogP contribution in [0.25, 0.3) is 0 Å². The van der Waals surface area contributed by atoms with Gasteiger partial charge in [0.05, 0.1) is 11.5 Å². The first kappa shape index (κ1) is 15.9. The van der Waals surface area contributed by atoms with Crippen LogP contribution in [0.4, 0.5) is 0 Å². The van der Waals surface area contributed by atoms with Crippen LogP contribution in [0.15, 0.2) is 41.8 Å². The molecule has 0 aliphatic heterocycles. The molecule has 0 atom stereocenters. The number of sulfonamides is 1. The van der Waals surface area contributed by atoms with Crippen molar-refractivity contribution >= 4 is 10.0 Å². The van der Waals surface area contributed by atoms with Gasteiger partial charge in [0, 0.05) is 13.1 Å². The van der Waals surface area contributed by atoms with Gasteiger partial charge in [0.15, 0.2) is 0 Å². The van der Waals surface area contributed by atoms with Gasteiger partial charge in [0.2, 0.25) is 10.0 Å². The Morgan fingerprint density at radius 2 is 1.95 bits per heavy atom. The number of hydrogen-bond donors (Lipinski definition) is 1. The van der Waals surface area contributed by atoms with Crippen LogP contribution in [0.3, 0.4) is 0 Å². The number of aryl methyl sites for hydroxylation is 1. The third kappa shape index (κ3) is 4.16. The normalized spacial score (nSPS) is 11.7. The highest BCUT2D eigenvalue weighted by Crippen LogP contribution is 2.17. The van der Waals surface area contributed by atoms with Crippen LogP contribution in [0, 0.1) is 0 Å². The lowest BCUT2D eigenvalue weighted by Gasteiger charge is -2.19. The zero-order valence-electron chi connectivity index (χ0n) is 11.2. The molecule has 4 nitrogen and oxygen atoms in total. The predicted molar refractivity (Wildman–Crippen MR) is 76.5 cm³/mol. The van der Waals surface area contributed by atoms with Crippen molar-refractivity contribution in [3.8, 4) is 0 Å². The van der Waals surface area contributed by atoms with E-state index >= 15 is 0 Å². The fraction of sp³-hybridized carbons (Fsp3) is 0.429. The van der Waals surface area contributed by atoms with E-state index < -0.39 is 10.0 Å². The van der Waals surface area contributed by atoms with Crippen molar-refractivity contribution in [3.05, 3.63) is 42.5 Å². The van der Waals surface area contributed by atoms with E-state index in [0.29, 0.717) is 0 Å². The van der Waals surface area contributed by atoms with E-state index in [0.717, 1.165) is 18.4 Å². The Balaban J connectivity index is 3.00. The van der Waals surface area contributed by atoms with Crippen molar-refractivity contribution < 1.29 is 13.5 Å². The van der Waals surface area contributed by atoms with Gasteiger partial charge < -0.3 is 5.11 Å². The average molecular weight is 283 g/mol. The van der Waals surface area contributed by atoms with Gasteiger partial charge in [0.1, 0.15) is 0 Å². The Kier molecular flexibility index (Phi) is 6.21. The number of nitrogens with zero attached hydrogens (tertiary/aromatic N) is 1. The van der Waals surface area contributed by atoms with Crippen LogP contribution in [-0.4, -0.2) is 37.5 Å². The van der Waals surface area contributed by atoms with Crippen LogP contribution < -0.4 is 0 Å². The predicted octanol–water partition coefficient (Wildman–Crippen LogP) is 1.81. The quantitative estimate of drug-likeness (QED) is 0.740. The molecule has 0 saturated heterocycles. The number of hydrogen-bond acceptors (Lipinski definition) is 3. The first-order chi connectivity index (χ1) is 9.06. The molecule has 0 aliphatic carbocycles. The first-order valence-electron chi connectivity index (χ1n) is 6.37. The molecule has 0 radical (unpaired) electrons. The minimum atomic E-state index is -3.55. The molecule has 5 heteroatoms. The van der Waals surface area contributed by atoms with Gasteiger partial charge in [-0.25, -0.2) is 8.42 Å². The van der Waals surface area contributed by atoms with Crippen LogP contribution in [-0.2, 0) is 16.4 Å². The summed E-state index contributed by atoms with van der Waals surface area (Å²) < 4.78 is 25.9. The van der Waals surface area contributed by atoms with Gasteiger partial charge in [0.25, 0.3) is 0 Å². The zero-order chi connectivity index (χ0) is 14.3. The van der Waals surface area contributed by atoms with E-state index in [1.54, 1.807) is 12.1 Å². The number of aliphatic hydroxyl groups is 1. The van der Waals surface area contributed by atoms with Crippen molar-refractivity contribution in [3.63, 3.8) is 0 Å². The summed E-state index contributed by atoms with van der Waals surface area (Å²) in [5.41, 5.74) is 1.12. The van der Waals surface area contributed by atoms with E-state index in [1.807, 2.05) is 12.1 Å². The highest BCUT2D eigenvalue weighted by atomic mass is 32.2. The van der Waals surface area contributed by atoms with Crippen molar-refractivity contribution in [2.75, 3.05) is 19.7 Å². The number of rotatable bonds is 8. The number of aliphatic hydroxyl groups excluding tert-OH is 1. The van der Waals surface area contributed by atoms with E-state index in [9.17, 15) is 8.42 Å². The second-order valence-electron chi connectivity index (χ2n) is 4.27. The fourth-order valence-electron chi connectivity index (χ4n) is 1.83. The molecule has 19 heavy (non-hydrogen) atoms. The smallest absolute Gasteiger partial charge is 0.243 e. The summed E-state index contributed by atoms with van der Waals surface area (Å²) in [5.74, 6) is 0. The van der Waals surface area contributed by atoms with Gasteiger partial charge in [-0.05, 0) is 24.1 Å². The summed E-state index contributed by atoms with van der Waals surface area (Å²) in [7, 11) is -3.55. The Morgan fingerprint density at radius 3 is 2.42 bits per heavy atom. The fourth-order valence-corrected chi connectivity index (χ4v) is 3.23. The van der Waals surface area contributed by atoms with E-state index in [1.165, 1.54) is 10.4 Å². The summed E-state index contributed by atoms with van der Waals surface area (Å²) in [5, 5.41) is 8.95. The molecule has 0 spiro atoms. The Hall–Kier alpha value is -1.17. The largest absolute Gasteiger partial charge is 0.395 e. The lowest BCUT2D eigenvalue weighted by molar-refractivity contribution is 0.260. The molecule has 0 bridgehead atoms. The SMILES string of the molecule is C=CCN(CCO)S(=O)(=O)c1ccc(CCC)cc1. The molecule has 0 aliphatic rings. The number of benzene rings is 1. The summed E-state index contributed by atoms with van der Waals surface area (Å²) in [6.07, 6.45) is 3.48. The van der Waals surface area contributed by atoms with E-state index in [2.05, 4.69) is 13.5 Å². The van der Waals surface area contributed by atoms with Gasteiger partial charge in [-0.2, -0.15) is 4.31 Å². The maximum absolute atomic E-state index is 12.3. The van der Waals surface area contributed by atoms with E-state index in [4.69, 9.17) is 5.11 Å². The van der Waals surface area contributed by atoms with Crippen LogP contribution in [0.1, 0.15) is 18.9 Å². The molecule has 0 unspecified atom stereocenters. The monoisotopic (exact) mass is 283 g/mol. The lowest BCUT2D eigenvalue weighted by Crippen LogP contribution is -2.33. The summed E-state index contributed by atoms with van der Waals surface area (Å²) >= 11 is 0. The molecule has 0 amide bonds. The summed E-state index contributed by atoms with van der Waals surface area (Å²) in [6, 6.07) is 6.91. The molecule has 1 aromatic carbocycles. The van der Waals surface area contributed by atoms with Crippen LogP contribution in [0.2, 0.25) is 0 Å². The average Bonchev–Trinajstić information content (AvgIpc) is 2.39. The maximum Gasteiger partial charge on any atom is 0.243 e. The summed E-state index contributed by atoms with van der Waals surface area (Å²) in [6.45, 7) is 5.68. The molecule has 1 N–H and O–H groups in total. The second kappa shape index (κ2) is 7.43. The van der Waals surface area contributed by atoms with Gasteiger partial charge >= 0.3 is 0 Å². The molecule has 1 aromatic rings. The van der Waals surface area contributed by atoms with Crippen molar-refractivity contribution in [2.24, 2.45) is 0 Å². The van der Waals surface area contributed by atoms with Crippen molar-refractivity contribution in [1.82, 2.24) is 4.31 Å². The molecular formula is C14H21NO3S. The van der Waals surface area contributed by atoms with Crippen molar-refractivity contribution in [1.29, 1.82) is 0 Å². The minimum Gasteiger partial charge on any atom is -0.395 e. The van der Waals surface area contributed by atoms with Crippen LogP contribution in [0.5, 0.6) is 0 Å². The van der Waals surface area contributed by atoms with Gasteiger partial charge in [-0.1, -0.05) is 31.6 Å². The molecule has 0 aromatic heterocycles. The highest BCUT2D eigenvalue weighted by molar-refractivity contribution is 7.89. The minimum absolute atomic E-state index is 0.0745. The maximum atomic E-state index is 12.3. The van der Waals surface area contributed by atoms with Gasteiger partial charge in [-0.3, -0.25) is 0 Å². The Bertz CT molecular complexity index is 494. The lowest BCUT2D eigenvalue weighted by atomic mass is 10.1. The molecule has 0 fully saturated rings.